The van der Waals surface area contributed by atoms with Crippen LogP contribution in [-0.2, 0) is 11.3 Å². The quantitative estimate of drug-likeness (QED) is 0.289. The summed E-state index contributed by atoms with van der Waals surface area (Å²) in [6.07, 6.45) is 1.83. The third-order valence-corrected chi connectivity index (χ3v) is 6.93. The molecule has 0 amide bonds. The average molecular weight is 548 g/mol. The zero-order valence-electron chi connectivity index (χ0n) is 16.2. The minimum absolute atomic E-state index is 0.307. The van der Waals surface area contributed by atoms with Crippen molar-refractivity contribution in [2.75, 3.05) is 17.7 Å². The molecular weight excluding hydrogens is 531 g/mol. The van der Waals surface area contributed by atoms with Crippen molar-refractivity contribution >= 4 is 84.6 Å². The van der Waals surface area contributed by atoms with E-state index in [0.29, 0.717) is 38.1 Å². The van der Waals surface area contributed by atoms with Crippen molar-refractivity contribution in [3.63, 3.8) is 0 Å². The first-order valence-electron chi connectivity index (χ1n) is 8.62. The first-order valence-corrected chi connectivity index (χ1v) is 11.4. The van der Waals surface area contributed by atoms with Crippen LogP contribution in [0.25, 0.3) is 0 Å². The van der Waals surface area contributed by atoms with Crippen LogP contribution >= 0.6 is 62.7 Å². The number of hydrogen-bond donors (Lipinski definition) is 2. The Morgan fingerprint density at radius 3 is 2.70 bits per heavy atom. The molecule has 3 rings (SSSR count). The number of nitrogens with one attached hydrogen (secondary N) is 2. The molecule has 1 aromatic carbocycles. The number of hydrogen-bond acceptors (Lipinski definition) is 5. The van der Waals surface area contributed by atoms with Crippen molar-refractivity contribution < 1.29 is 9.53 Å². The van der Waals surface area contributed by atoms with Crippen LogP contribution in [0.2, 0.25) is 10.0 Å². The molecule has 30 heavy (non-hydrogen) atoms. The molecule has 0 radical (unpaired) electrons. The van der Waals surface area contributed by atoms with Crippen LogP contribution in [0, 0.1) is 13.8 Å². The number of aromatic nitrogens is 2. The van der Waals surface area contributed by atoms with Crippen LogP contribution in [0.5, 0.6) is 0 Å². The van der Waals surface area contributed by atoms with Crippen LogP contribution in [0.15, 0.2) is 28.9 Å². The number of benzene rings is 1. The maximum Gasteiger partial charge on any atom is 0.341 e. The van der Waals surface area contributed by atoms with Gasteiger partial charge in [0.05, 0.1) is 33.7 Å². The highest BCUT2D eigenvalue weighted by Crippen LogP contribution is 2.33. The van der Waals surface area contributed by atoms with E-state index in [1.165, 1.54) is 18.4 Å². The van der Waals surface area contributed by atoms with Crippen molar-refractivity contribution in [2.45, 2.75) is 20.4 Å². The molecule has 2 heterocycles. The minimum Gasteiger partial charge on any atom is -0.465 e. The highest BCUT2D eigenvalue weighted by Gasteiger charge is 2.21. The van der Waals surface area contributed by atoms with Gasteiger partial charge in [0, 0.05) is 11.1 Å². The molecule has 0 aliphatic rings. The van der Waals surface area contributed by atoms with E-state index in [0.717, 1.165) is 20.5 Å². The van der Waals surface area contributed by atoms with E-state index in [-0.39, 0.29) is 0 Å². The summed E-state index contributed by atoms with van der Waals surface area (Å²) in [4.78, 5) is 13.1. The zero-order chi connectivity index (χ0) is 22.0. The van der Waals surface area contributed by atoms with Gasteiger partial charge in [-0.15, -0.1) is 11.3 Å². The second-order valence-electron chi connectivity index (χ2n) is 6.33. The number of thiophene rings is 1. The molecule has 2 aromatic heterocycles. The summed E-state index contributed by atoms with van der Waals surface area (Å²) in [7, 11) is 1.35. The van der Waals surface area contributed by atoms with Crippen LogP contribution in [0.3, 0.4) is 0 Å². The molecule has 0 spiro atoms. The Balaban J connectivity index is 1.73. The molecule has 0 aliphatic heterocycles. The van der Waals surface area contributed by atoms with Crippen molar-refractivity contribution in [3.05, 3.63) is 60.5 Å². The maximum atomic E-state index is 12.1. The number of esters is 1. The number of ether oxygens (including phenoxy) is 1. The van der Waals surface area contributed by atoms with Gasteiger partial charge in [0.1, 0.15) is 5.00 Å². The third kappa shape index (κ3) is 5.15. The van der Waals surface area contributed by atoms with Crippen molar-refractivity contribution in [1.29, 1.82) is 0 Å². The Morgan fingerprint density at radius 1 is 1.30 bits per heavy atom. The van der Waals surface area contributed by atoms with E-state index in [9.17, 15) is 4.79 Å². The summed E-state index contributed by atoms with van der Waals surface area (Å²) in [6, 6.07) is 5.44. The lowest BCUT2D eigenvalue weighted by Crippen LogP contribution is -2.20. The van der Waals surface area contributed by atoms with Gasteiger partial charge < -0.3 is 15.4 Å². The second-order valence-corrected chi connectivity index (χ2v) is 9.63. The molecule has 0 saturated heterocycles. The number of rotatable bonds is 5. The van der Waals surface area contributed by atoms with Crippen molar-refractivity contribution in [2.24, 2.45) is 0 Å². The Morgan fingerprint density at radius 2 is 2.03 bits per heavy atom. The summed E-state index contributed by atoms with van der Waals surface area (Å²) in [5.74, 6) is 0.131. The van der Waals surface area contributed by atoms with E-state index < -0.39 is 5.97 Å². The fraction of sp³-hybridized carbons (Fsp3) is 0.211. The van der Waals surface area contributed by atoms with Crippen molar-refractivity contribution in [1.82, 2.24) is 9.78 Å². The SMILES string of the molecule is COC(=O)c1c(NC(=S)Nc2nn(Cc3ccc(Cl)c(Cl)c3)cc2Br)sc(C)c1C. The molecule has 0 aliphatic carbocycles. The lowest BCUT2D eigenvalue weighted by Gasteiger charge is -2.09. The first kappa shape index (κ1) is 23.0. The second kappa shape index (κ2) is 9.65. The Kier molecular flexibility index (Phi) is 7.41. The lowest BCUT2D eigenvalue weighted by atomic mass is 10.1. The van der Waals surface area contributed by atoms with Gasteiger partial charge >= 0.3 is 5.97 Å². The molecule has 0 fully saturated rings. The molecule has 0 atom stereocenters. The van der Waals surface area contributed by atoms with Gasteiger partial charge in [-0.05, 0) is 65.3 Å². The zero-order valence-corrected chi connectivity index (χ0v) is 20.9. The van der Waals surface area contributed by atoms with Gasteiger partial charge in [0.25, 0.3) is 0 Å². The first-order chi connectivity index (χ1) is 14.2. The van der Waals surface area contributed by atoms with Gasteiger partial charge in [-0.2, -0.15) is 5.10 Å². The van der Waals surface area contributed by atoms with Crippen LogP contribution < -0.4 is 10.6 Å². The number of aryl methyl sites for hydroxylation is 1. The van der Waals surface area contributed by atoms with Crippen LogP contribution in [-0.4, -0.2) is 28.0 Å². The summed E-state index contributed by atoms with van der Waals surface area (Å²) >= 11 is 22.4. The average Bonchev–Trinajstić information content (AvgIpc) is 3.16. The van der Waals surface area contributed by atoms with Crippen LogP contribution in [0.1, 0.15) is 26.4 Å². The van der Waals surface area contributed by atoms with E-state index in [2.05, 4.69) is 31.7 Å². The predicted octanol–water partition coefficient (Wildman–Crippen LogP) is 6.27. The molecule has 0 unspecified atom stereocenters. The van der Waals surface area contributed by atoms with E-state index in [4.69, 9.17) is 40.2 Å². The molecule has 158 valence electrons. The number of nitrogens with zero attached hydrogens (tertiary/aromatic N) is 2. The summed E-state index contributed by atoms with van der Waals surface area (Å²) in [6.45, 7) is 4.32. The highest BCUT2D eigenvalue weighted by molar-refractivity contribution is 9.10. The van der Waals surface area contributed by atoms with Gasteiger partial charge in [-0.1, -0.05) is 29.3 Å². The topological polar surface area (TPSA) is 68.2 Å². The standard InChI is InChI=1S/C19H17BrCl2N4O2S2/c1-9-10(2)30-17(15(9)18(27)28-3)24-19(29)23-16-12(20)8-26(25-16)7-11-4-5-13(21)14(22)6-11/h4-6,8H,7H2,1-3H3,(H2,23,24,25,29). The van der Waals surface area contributed by atoms with E-state index >= 15 is 0 Å². The molecule has 6 nitrogen and oxygen atoms in total. The number of methoxy groups -OCH3 is 1. The van der Waals surface area contributed by atoms with Gasteiger partial charge in [0.15, 0.2) is 10.9 Å². The number of thiocarbonyl (C=S) groups is 1. The third-order valence-electron chi connectivity index (χ3n) is 4.28. The van der Waals surface area contributed by atoms with E-state index in [1.54, 1.807) is 16.8 Å². The molecule has 0 saturated carbocycles. The monoisotopic (exact) mass is 546 g/mol. The Bertz CT molecular complexity index is 1130. The lowest BCUT2D eigenvalue weighted by molar-refractivity contribution is 0.0601. The number of carbonyl (C=O) groups is 1. The molecular formula is C19H17BrCl2N4O2S2. The number of halogens is 3. The smallest absolute Gasteiger partial charge is 0.341 e. The van der Waals surface area contributed by atoms with E-state index in [1.807, 2.05) is 26.1 Å². The Hall–Kier alpha value is -1.65. The minimum atomic E-state index is -0.408. The predicted molar refractivity (Wildman–Crippen MR) is 130 cm³/mol. The number of anilines is 2. The van der Waals surface area contributed by atoms with Gasteiger partial charge in [-0.3, -0.25) is 4.68 Å². The van der Waals surface area contributed by atoms with Gasteiger partial charge in [-0.25, -0.2) is 4.79 Å². The molecule has 3 aromatic rings. The summed E-state index contributed by atoms with van der Waals surface area (Å²) in [5, 5.41) is 12.6. The highest BCUT2D eigenvalue weighted by atomic mass is 79.9. The number of carbonyl (C=O) groups excluding carboxylic acids is 1. The molecule has 0 bridgehead atoms. The summed E-state index contributed by atoms with van der Waals surface area (Å²) < 4.78 is 7.37. The fourth-order valence-electron chi connectivity index (χ4n) is 2.69. The normalized spacial score (nSPS) is 10.7. The fourth-order valence-corrected chi connectivity index (χ4v) is 4.74. The van der Waals surface area contributed by atoms with Crippen LogP contribution in [0.4, 0.5) is 10.8 Å². The van der Waals surface area contributed by atoms with Crippen molar-refractivity contribution in [3.8, 4) is 0 Å². The summed E-state index contributed by atoms with van der Waals surface area (Å²) in [5.41, 5.74) is 2.30. The Labute approximate surface area is 201 Å². The maximum absolute atomic E-state index is 12.1. The molecule has 2 N–H and O–H groups in total. The molecule has 11 heteroatoms. The van der Waals surface area contributed by atoms with Gasteiger partial charge in [0.2, 0.25) is 0 Å². The largest absolute Gasteiger partial charge is 0.465 e.